The molecule has 1 amide bonds. The van der Waals surface area contributed by atoms with Crippen LogP contribution < -0.4 is 4.72 Å². The molecule has 4 rings (SSSR count). The molecule has 2 fully saturated rings. The van der Waals surface area contributed by atoms with Crippen LogP contribution in [-0.4, -0.2) is 70.0 Å². The number of benzene rings is 2. The molecule has 2 aromatic carbocycles. The Morgan fingerprint density at radius 3 is 2.52 bits per heavy atom. The largest absolute Gasteiger partial charge is 0.378 e. The highest BCUT2D eigenvalue weighted by atomic mass is 32.2. The molecule has 2 aromatic rings. The maximum atomic E-state index is 14.4. The Balaban J connectivity index is 1.51. The van der Waals surface area contributed by atoms with Crippen molar-refractivity contribution in [2.24, 2.45) is 5.92 Å². The number of carbonyl (C=O) groups is 1. The molecule has 3 atom stereocenters. The third-order valence-corrected chi connectivity index (χ3v) is 7.67. The van der Waals surface area contributed by atoms with Gasteiger partial charge in [0.2, 0.25) is 5.91 Å². The fraction of sp³-hybridized carbons (Fsp3) is 0.435. The van der Waals surface area contributed by atoms with E-state index in [1.807, 2.05) is 0 Å². The van der Waals surface area contributed by atoms with Crippen LogP contribution in [0.1, 0.15) is 17.9 Å². The topological polar surface area (TPSA) is 79.0 Å². The summed E-state index contributed by atoms with van der Waals surface area (Å²) in [7, 11) is -0.823. The van der Waals surface area contributed by atoms with Crippen molar-refractivity contribution in [2.45, 2.75) is 18.4 Å². The number of hydrogen-bond donors (Lipinski definition) is 1. The van der Waals surface area contributed by atoms with E-state index in [1.165, 1.54) is 32.3 Å². The molecule has 1 heterocycles. The second-order valence-electron chi connectivity index (χ2n) is 8.59. The van der Waals surface area contributed by atoms with Gasteiger partial charge in [-0.15, -0.1) is 0 Å². The Hall–Kier alpha value is -2.40. The number of amides is 1. The van der Waals surface area contributed by atoms with Gasteiger partial charge >= 0.3 is 0 Å². The quantitative estimate of drug-likeness (QED) is 0.690. The summed E-state index contributed by atoms with van der Waals surface area (Å²) < 4.78 is 62.4. The van der Waals surface area contributed by atoms with Crippen LogP contribution in [0.3, 0.4) is 0 Å². The zero-order valence-corrected chi connectivity index (χ0v) is 19.3. The van der Waals surface area contributed by atoms with E-state index in [9.17, 15) is 22.0 Å². The predicted molar refractivity (Wildman–Crippen MR) is 120 cm³/mol. The first kappa shape index (κ1) is 23.7. The van der Waals surface area contributed by atoms with E-state index >= 15 is 0 Å². The number of nitrogens with one attached hydrogen (secondary N) is 1. The molecule has 7 nitrogen and oxygen atoms in total. The lowest BCUT2D eigenvalue weighted by molar-refractivity contribution is -0.132. The summed E-state index contributed by atoms with van der Waals surface area (Å²) in [6.45, 7) is 1.02. The molecule has 1 saturated carbocycles. The summed E-state index contributed by atoms with van der Waals surface area (Å²) >= 11 is 0. The van der Waals surface area contributed by atoms with E-state index in [0.717, 1.165) is 9.87 Å². The number of rotatable bonds is 6. The standard InChI is InChI=1S/C23H27F2N3O4S/c1-27(2)33(30,31)26-15-13-28(10-11-32-14-15)23(29)19-12-18(19)16-6-3-4-7-17(16)22-20(24)8-5-9-21(22)25/h3-9,15,18-19,26H,10-14H2,1-2H3/t15?,18-,19+/m0/s1. The van der Waals surface area contributed by atoms with Crippen LogP contribution in [-0.2, 0) is 19.7 Å². The van der Waals surface area contributed by atoms with Gasteiger partial charge in [-0.1, -0.05) is 30.3 Å². The van der Waals surface area contributed by atoms with E-state index in [1.54, 1.807) is 29.2 Å². The number of halogens is 2. The lowest BCUT2D eigenvalue weighted by atomic mass is 9.95. The van der Waals surface area contributed by atoms with Crippen molar-refractivity contribution in [2.75, 3.05) is 40.4 Å². The first-order chi connectivity index (χ1) is 15.7. The maximum absolute atomic E-state index is 14.4. The van der Waals surface area contributed by atoms with Gasteiger partial charge in [0.15, 0.2) is 0 Å². The molecular weight excluding hydrogens is 452 g/mol. The van der Waals surface area contributed by atoms with Gasteiger partial charge in [-0.05, 0) is 35.6 Å². The van der Waals surface area contributed by atoms with Crippen molar-refractivity contribution < 1.29 is 26.7 Å². The summed E-state index contributed by atoms with van der Waals surface area (Å²) in [5.41, 5.74) is 1.09. The minimum atomic E-state index is -3.67. The van der Waals surface area contributed by atoms with E-state index < -0.39 is 27.9 Å². The van der Waals surface area contributed by atoms with Crippen LogP contribution in [0.25, 0.3) is 11.1 Å². The van der Waals surface area contributed by atoms with Gasteiger partial charge in [-0.2, -0.15) is 17.4 Å². The third kappa shape index (κ3) is 5.08. The zero-order valence-electron chi connectivity index (χ0n) is 18.5. The molecule has 10 heteroatoms. The Morgan fingerprint density at radius 2 is 1.82 bits per heavy atom. The summed E-state index contributed by atoms with van der Waals surface area (Å²) in [6.07, 6.45) is 0.567. The van der Waals surface area contributed by atoms with Crippen molar-refractivity contribution in [3.8, 4) is 11.1 Å². The van der Waals surface area contributed by atoms with E-state index in [4.69, 9.17) is 4.74 Å². The first-order valence-corrected chi connectivity index (χ1v) is 12.2. The minimum Gasteiger partial charge on any atom is -0.378 e. The molecule has 2 aliphatic rings. The lowest BCUT2D eigenvalue weighted by Crippen LogP contribution is -2.49. The maximum Gasteiger partial charge on any atom is 0.279 e. The summed E-state index contributed by atoms with van der Waals surface area (Å²) in [4.78, 5) is 14.9. The first-order valence-electron chi connectivity index (χ1n) is 10.8. The highest BCUT2D eigenvalue weighted by molar-refractivity contribution is 7.87. The third-order valence-electron chi connectivity index (χ3n) is 6.07. The van der Waals surface area contributed by atoms with Gasteiger partial charge < -0.3 is 9.64 Å². The number of carbonyl (C=O) groups excluding carboxylic acids is 1. The van der Waals surface area contributed by atoms with Crippen LogP contribution in [0, 0.1) is 17.6 Å². The Kier molecular flexibility index (Phi) is 6.81. The predicted octanol–water partition coefficient (Wildman–Crippen LogP) is 2.36. The molecule has 0 aromatic heterocycles. The Morgan fingerprint density at radius 1 is 1.12 bits per heavy atom. The van der Waals surface area contributed by atoms with Crippen LogP contribution in [0.5, 0.6) is 0 Å². The van der Waals surface area contributed by atoms with Crippen LogP contribution in [0.15, 0.2) is 42.5 Å². The number of ether oxygens (including phenoxy) is 1. The molecule has 1 unspecified atom stereocenters. The highest BCUT2D eigenvalue weighted by Gasteiger charge is 2.47. The van der Waals surface area contributed by atoms with Crippen LogP contribution in [0.2, 0.25) is 0 Å². The Labute approximate surface area is 192 Å². The summed E-state index contributed by atoms with van der Waals surface area (Å²) in [5.74, 6) is -1.89. The van der Waals surface area contributed by atoms with E-state index in [2.05, 4.69) is 4.72 Å². The second-order valence-corrected chi connectivity index (χ2v) is 10.5. The average molecular weight is 480 g/mol. The van der Waals surface area contributed by atoms with Crippen LogP contribution >= 0.6 is 0 Å². The molecule has 1 aliphatic heterocycles. The van der Waals surface area contributed by atoms with Crippen LogP contribution in [0.4, 0.5) is 8.78 Å². The van der Waals surface area contributed by atoms with Crippen molar-refractivity contribution in [1.29, 1.82) is 0 Å². The molecule has 1 N–H and O–H groups in total. The van der Waals surface area contributed by atoms with Gasteiger partial charge in [0.1, 0.15) is 11.6 Å². The SMILES string of the molecule is CN(C)S(=O)(=O)NC1COCCN(C(=O)[C@@H]2C[C@H]2c2ccccc2-c2c(F)cccc2F)C1. The molecule has 1 aliphatic carbocycles. The van der Waals surface area contributed by atoms with Gasteiger partial charge in [-0.3, -0.25) is 4.79 Å². The smallest absolute Gasteiger partial charge is 0.279 e. The molecule has 0 spiro atoms. The highest BCUT2D eigenvalue weighted by Crippen LogP contribution is 2.51. The normalized spacial score (nSPS) is 23.4. The fourth-order valence-electron chi connectivity index (χ4n) is 4.25. The minimum absolute atomic E-state index is 0.0903. The molecule has 1 saturated heterocycles. The fourth-order valence-corrected chi connectivity index (χ4v) is 5.02. The van der Waals surface area contributed by atoms with Crippen molar-refractivity contribution >= 4 is 16.1 Å². The van der Waals surface area contributed by atoms with Gasteiger partial charge in [0, 0.05) is 33.1 Å². The molecular formula is C23H27F2N3O4S. The zero-order chi connectivity index (χ0) is 23.8. The molecule has 178 valence electrons. The van der Waals surface area contributed by atoms with E-state index in [-0.39, 0.29) is 36.5 Å². The summed E-state index contributed by atoms with van der Waals surface area (Å²) in [6, 6.07) is 10.2. The summed E-state index contributed by atoms with van der Waals surface area (Å²) in [5, 5.41) is 0. The second kappa shape index (κ2) is 9.46. The van der Waals surface area contributed by atoms with Gasteiger partial charge in [0.05, 0.1) is 24.8 Å². The van der Waals surface area contributed by atoms with Crippen molar-refractivity contribution in [1.82, 2.24) is 13.9 Å². The van der Waals surface area contributed by atoms with Crippen molar-refractivity contribution in [3.63, 3.8) is 0 Å². The molecule has 33 heavy (non-hydrogen) atoms. The van der Waals surface area contributed by atoms with E-state index in [0.29, 0.717) is 25.1 Å². The number of hydrogen-bond acceptors (Lipinski definition) is 4. The molecule has 0 bridgehead atoms. The monoisotopic (exact) mass is 479 g/mol. The van der Waals surface area contributed by atoms with Crippen molar-refractivity contribution in [3.05, 3.63) is 59.7 Å². The Bertz CT molecular complexity index is 1120. The number of nitrogens with zero attached hydrogens (tertiary/aromatic N) is 2. The van der Waals surface area contributed by atoms with Gasteiger partial charge in [-0.25, -0.2) is 8.78 Å². The van der Waals surface area contributed by atoms with Gasteiger partial charge in [0.25, 0.3) is 10.2 Å². The lowest BCUT2D eigenvalue weighted by Gasteiger charge is -2.25. The molecule has 0 radical (unpaired) electrons. The average Bonchev–Trinajstić information content (AvgIpc) is 3.57.